The lowest BCUT2D eigenvalue weighted by molar-refractivity contribution is 0.601. The summed E-state index contributed by atoms with van der Waals surface area (Å²) in [6, 6.07) is 6.89. The Bertz CT molecular complexity index is 434. The molecule has 0 heterocycles. The maximum absolute atomic E-state index is 11.0. The van der Waals surface area contributed by atoms with Gasteiger partial charge in [0.05, 0.1) is 5.75 Å². The molecule has 14 heavy (non-hydrogen) atoms. The fraction of sp³-hybridized carbons (Fsp3) is 0.222. The van der Waals surface area contributed by atoms with Crippen molar-refractivity contribution in [3.8, 4) is 0 Å². The van der Waals surface area contributed by atoms with Crippen LogP contribution in [-0.2, 0) is 15.6 Å². The van der Waals surface area contributed by atoms with Gasteiger partial charge in [-0.05, 0) is 5.56 Å². The summed E-state index contributed by atoms with van der Waals surface area (Å²) in [7, 11) is -2.97. The predicted octanol–water partition coefficient (Wildman–Crippen LogP) is 0.865. The lowest BCUT2D eigenvalue weighted by Gasteiger charge is -2.01. The molecule has 0 saturated carbocycles. The highest BCUT2D eigenvalue weighted by molar-refractivity contribution is 7.89. The van der Waals surface area contributed by atoms with E-state index in [-0.39, 0.29) is 5.75 Å². The highest BCUT2D eigenvalue weighted by Crippen LogP contribution is 2.07. The molecule has 76 valence electrons. The Balaban J connectivity index is 2.90. The van der Waals surface area contributed by atoms with Crippen LogP contribution in [0.1, 0.15) is 11.1 Å². The topological polar surface area (TPSA) is 60.2 Å². The quantitative estimate of drug-likeness (QED) is 0.781. The first-order valence-electron chi connectivity index (χ1n) is 3.95. The van der Waals surface area contributed by atoms with Crippen molar-refractivity contribution in [2.24, 2.45) is 5.73 Å². The van der Waals surface area contributed by atoms with Crippen LogP contribution in [0.25, 0.3) is 0 Å². The first-order valence-corrected chi connectivity index (χ1v) is 6.42. The van der Waals surface area contributed by atoms with Crippen molar-refractivity contribution >= 4 is 27.0 Å². The van der Waals surface area contributed by atoms with E-state index in [2.05, 4.69) is 0 Å². The van der Waals surface area contributed by atoms with Crippen LogP contribution < -0.4 is 5.73 Å². The summed E-state index contributed by atoms with van der Waals surface area (Å²) in [6.07, 6.45) is 1.20. The normalized spacial score (nSPS) is 11.2. The van der Waals surface area contributed by atoms with E-state index in [0.29, 0.717) is 4.99 Å². The van der Waals surface area contributed by atoms with E-state index in [1.165, 1.54) is 6.26 Å². The predicted molar refractivity (Wildman–Crippen MR) is 60.9 cm³/mol. The molecule has 1 rings (SSSR count). The summed E-state index contributed by atoms with van der Waals surface area (Å²) in [4.78, 5) is 0.316. The van der Waals surface area contributed by atoms with Crippen LogP contribution in [0.5, 0.6) is 0 Å². The number of sulfone groups is 1. The molecule has 0 spiro atoms. The molecule has 0 atom stereocenters. The Morgan fingerprint density at radius 2 is 1.86 bits per heavy atom. The molecule has 0 aliphatic carbocycles. The second-order valence-corrected chi connectivity index (χ2v) is 5.71. The maximum Gasteiger partial charge on any atom is 0.151 e. The summed E-state index contributed by atoms with van der Waals surface area (Å²) in [5, 5.41) is 0. The van der Waals surface area contributed by atoms with E-state index >= 15 is 0 Å². The minimum Gasteiger partial charge on any atom is -0.389 e. The zero-order valence-corrected chi connectivity index (χ0v) is 9.36. The second kappa shape index (κ2) is 4.06. The van der Waals surface area contributed by atoms with Crippen molar-refractivity contribution in [1.29, 1.82) is 0 Å². The molecule has 0 fully saturated rings. The molecule has 0 bridgehead atoms. The molecule has 0 radical (unpaired) electrons. The Labute approximate surface area is 88.9 Å². The van der Waals surface area contributed by atoms with E-state index in [4.69, 9.17) is 18.0 Å². The van der Waals surface area contributed by atoms with Crippen LogP contribution in [0.3, 0.4) is 0 Å². The lowest BCUT2D eigenvalue weighted by Crippen LogP contribution is -2.09. The minimum atomic E-state index is -2.97. The third kappa shape index (κ3) is 3.43. The van der Waals surface area contributed by atoms with Crippen LogP contribution in [0, 0.1) is 0 Å². The van der Waals surface area contributed by atoms with Gasteiger partial charge in [-0.1, -0.05) is 36.5 Å². The summed E-state index contributed by atoms with van der Waals surface area (Å²) in [5.41, 5.74) is 6.89. The number of rotatable bonds is 3. The smallest absolute Gasteiger partial charge is 0.151 e. The van der Waals surface area contributed by atoms with E-state index < -0.39 is 9.84 Å². The number of hydrogen-bond donors (Lipinski definition) is 1. The van der Waals surface area contributed by atoms with Crippen LogP contribution in [0.4, 0.5) is 0 Å². The van der Waals surface area contributed by atoms with Gasteiger partial charge in [0.2, 0.25) is 0 Å². The van der Waals surface area contributed by atoms with Gasteiger partial charge in [-0.25, -0.2) is 8.42 Å². The lowest BCUT2D eigenvalue weighted by atomic mass is 10.1. The van der Waals surface area contributed by atoms with Gasteiger partial charge in [-0.3, -0.25) is 0 Å². The molecule has 3 nitrogen and oxygen atoms in total. The first-order chi connectivity index (χ1) is 6.38. The van der Waals surface area contributed by atoms with Crippen molar-refractivity contribution < 1.29 is 8.42 Å². The van der Waals surface area contributed by atoms with Crippen molar-refractivity contribution in [3.63, 3.8) is 0 Å². The van der Waals surface area contributed by atoms with Crippen molar-refractivity contribution in [2.45, 2.75) is 5.75 Å². The molecule has 1 aromatic carbocycles. The Morgan fingerprint density at radius 1 is 1.36 bits per heavy atom. The monoisotopic (exact) mass is 229 g/mol. The molecule has 0 amide bonds. The van der Waals surface area contributed by atoms with Gasteiger partial charge >= 0.3 is 0 Å². The van der Waals surface area contributed by atoms with Crippen molar-refractivity contribution in [1.82, 2.24) is 0 Å². The van der Waals surface area contributed by atoms with Gasteiger partial charge in [0.1, 0.15) is 4.99 Å². The SMILES string of the molecule is CS(=O)(=O)Cc1ccc(C(N)=S)cc1. The van der Waals surface area contributed by atoms with Crippen LogP contribution in [0.2, 0.25) is 0 Å². The summed E-state index contributed by atoms with van der Waals surface area (Å²) >= 11 is 4.77. The molecular weight excluding hydrogens is 218 g/mol. The van der Waals surface area contributed by atoms with Gasteiger partial charge in [-0.15, -0.1) is 0 Å². The van der Waals surface area contributed by atoms with Crippen LogP contribution >= 0.6 is 12.2 Å². The Morgan fingerprint density at radius 3 is 2.21 bits per heavy atom. The van der Waals surface area contributed by atoms with Crippen molar-refractivity contribution in [2.75, 3.05) is 6.26 Å². The fourth-order valence-corrected chi connectivity index (χ4v) is 2.00. The molecule has 0 aliphatic rings. The van der Waals surface area contributed by atoms with Crippen LogP contribution in [0.15, 0.2) is 24.3 Å². The number of thiocarbonyl (C=S) groups is 1. The largest absolute Gasteiger partial charge is 0.389 e. The molecule has 1 aromatic rings. The van der Waals surface area contributed by atoms with Gasteiger partial charge in [0.25, 0.3) is 0 Å². The first kappa shape index (κ1) is 11.1. The molecule has 0 saturated heterocycles. The minimum absolute atomic E-state index is 0.0462. The van der Waals surface area contributed by atoms with Gasteiger partial charge < -0.3 is 5.73 Å². The number of benzene rings is 1. The van der Waals surface area contributed by atoms with E-state index in [1.807, 2.05) is 0 Å². The van der Waals surface area contributed by atoms with E-state index in [0.717, 1.165) is 11.1 Å². The van der Waals surface area contributed by atoms with E-state index in [9.17, 15) is 8.42 Å². The summed E-state index contributed by atoms with van der Waals surface area (Å²) in [6.45, 7) is 0. The Kier molecular flexibility index (Phi) is 3.23. The number of hydrogen-bond acceptors (Lipinski definition) is 3. The second-order valence-electron chi connectivity index (χ2n) is 3.13. The third-order valence-electron chi connectivity index (χ3n) is 1.67. The van der Waals surface area contributed by atoms with Gasteiger partial charge in [0, 0.05) is 11.8 Å². The van der Waals surface area contributed by atoms with Gasteiger partial charge in [0.15, 0.2) is 9.84 Å². The molecule has 2 N–H and O–H groups in total. The average Bonchev–Trinajstić information content (AvgIpc) is 2.02. The van der Waals surface area contributed by atoms with Crippen LogP contribution in [-0.4, -0.2) is 19.7 Å². The zero-order chi connectivity index (χ0) is 10.8. The number of nitrogens with two attached hydrogens (primary N) is 1. The third-order valence-corrected chi connectivity index (χ3v) is 2.76. The highest BCUT2D eigenvalue weighted by atomic mass is 32.2. The Hall–Kier alpha value is -0.940. The highest BCUT2D eigenvalue weighted by Gasteiger charge is 2.04. The average molecular weight is 229 g/mol. The van der Waals surface area contributed by atoms with Crippen molar-refractivity contribution in [3.05, 3.63) is 35.4 Å². The molecule has 0 aromatic heterocycles. The summed E-state index contributed by atoms with van der Waals surface area (Å²) in [5.74, 6) is 0.0462. The zero-order valence-electron chi connectivity index (χ0n) is 7.73. The standard InChI is InChI=1S/C9H11NO2S2/c1-14(11,12)6-7-2-4-8(5-3-7)9(10)13/h2-5H,6H2,1H3,(H2,10,13). The maximum atomic E-state index is 11.0. The molecule has 0 unspecified atom stereocenters. The molecule has 0 aliphatic heterocycles. The molecular formula is C9H11NO2S2. The van der Waals surface area contributed by atoms with Gasteiger partial charge in [-0.2, -0.15) is 0 Å². The fourth-order valence-electron chi connectivity index (χ4n) is 1.07. The summed E-state index contributed by atoms with van der Waals surface area (Å²) < 4.78 is 21.9. The van der Waals surface area contributed by atoms with E-state index in [1.54, 1.807) is 24.3 Å². The molecule has 5 heteroatoms.